The highest BCUT2D eigenvalue weighted by atomic mass is 79.9. The molecule has 0 bridgehead atoms. The van der Waals surface area contributed by atoms with Gasteiger partial charge in [0.1, 0.15) is 5.75 Å². The van der Waals surface area contributed by atoms with Gasteiger partial charge in [-0.05, 0) is 56.7 Å². The molecule has 0 amide bonds. The summed E-state index contributed by atoms with van der Waals surface area (Å²) in [6.45, 7) is 9.23. The normalized spacial score (nSPS) is 26.4. The van der Waals surface area contributed by atoms with Gasteiger partial charge in [0, 0.05) is 16.1 Å². The van der Waals surface area contributed by atoms with E-state index in [4.69, 9.17) is 4.74 Å². The first-order chi connectivity index (χ1) is 9.80. The highest BCUT2D eigenvalue weighted by Crippen LogP contribution is 2.41. The molecule has 1 aromatic carbocycles. The SMILES string of the molecule is CNC(C)c1ccc(Br)cc1OC1CC(C)CC(C)(C)C1. The second-order valence-corrected chi connectivity index (χ2v) is 8.26. The lowest BCUT2D eigenvalue weighted by molar-refractivity contribution is 0.0553. The van der Waals surface area contributed by atoms with E-state index in [-0.39, 0.29) is 0 Å². The molecule has 1 N–H and O–H groups in total. The average molecular weight is 354 g/mol. The highest BCUT2D eigenvalue weighted by Gasteiger charge is 2.33. The Labute approximate surface area is 137 Å². The maximum absolute atomic E-state index is 6.43. The van der Waals surface area contributed by atoms with Crippen molar-refractivity contribution in [1.29, 1.82) is 0 Å². The third kappa shape index (κ3) is 4.46. The van der Waals surface area contributed by atoms with Crippen LogP contribution in [-0.4, -0.2) is 13.2 Å². The van der Waals surface area contributed by atoms with Crippen molar-refractivity contribution in [2.75, 3.05) is 7.05 Å². The van der Waals surface area contributed by atoms with E-state index in [1.54, 1.807) is 0 Å². The molecule has 1 aliphatic carbocycles. The molecule has 1 saturated carbocycles. The first kappa shape index (κ1) is 16.8. The van der Waals surface area contributed by atoms with E-state index < -0.39 is 0 Å². The van der Waals surface area contributed by atoms with Crippen molar-refractivity contribution in [1.82, 2.24) is 5.32 Å². The second-order valence-electron chi connectivity index (χ2n) is 7.35. The van der Waals surface area contributed by atoms with Crippen LogP contribution in [0.1, 0.15) is 58.6 Å². The second kappa shape index (κ2) is 6.70. The molecule has 3 unspecified atom stereocenters. The summed E-state index contributed by atoms with van der Waals surface area (Å²) in [5.74, 6) is 1.75. The fourth-order valence-electron chi connectivity index (χ4n) is 3.65. The van der Waals surface area contributed by atoms with Gasteiger partial charge in [-0.25, -0.2) is 0 Å². The largest absolute Gasteiger partial charge is 0.490 e. The summed E-state index contributed by atoms with van der Waals surface area (Å²) in [5.41, 5.74) is 1.61. The lowest BCUT2D eigenvalue weighted by atomic mass is 9.71. The number of rotatable bonds is 4. The van der Waals surface area contributed by atoms with Crippen molar-refractivity contribution >= 4 is 15.9 Å². The Morgan fingerprint density at radius 3 is 2.67 bits per heavy atom. The van der Waals surface area contributed by atoms with E-state index in [2.05, 4.69) is 67.1 Å². The molecule has 0 saturated heterocycles. The van der Waals surface area contributed by atoms with E-state index in [0.29, 0.717) is 17.6 Å². The van der Waals surface area contributed by atoms with E-state index in [9.17, 15) is 0 Å². The van der Waals surface area contributed by atoms with Crippen LogP contribution in [-0.2, 0) is 0 Å². The Hall–Kier alpha value is -0.540. The van der Waals surface area contributed by atoms with Crippen molar-refractivity contribution in [3.63, 3.8) is 0 Å². The minimum absolute atomic E-state index is 0.294. The minimum atomic E-state index is 0.294. The van der Waals surface area contributed by atoms with Crippen molar-refractivity contribution in [3.8, 4) is 5.75 Å². The van der Waals surface area contributed by atoms with Crippen molar-refractivity contribution in [2.24, 2.45) is 11.3 Å². The lowest BCUT2D eigenvalue weighted by Gasteiger charge is -2.39. The summed E-state index contributed by atoms with van der Waals surface area (Å²) >= 11 is 3.57. The number of benzene rings is 1. The molecule has 1 aliphatic rings. The van der Waals surface area contributed by atoms with Crippen molar-refractivity contribution in [3.05, 3.63) is 28.2 Å². The fraction of sp³-hybridized carbons (Fsp3) is 0.667. The van der Waals surface area contributed by atoms with Crippen molar-refractivity contribution < 1.29 is 4.74 Å². The molecule has 3 atom stereocenters. The first-order valence-corrected chi connectivity index (χ1v) is 8.73. The number of nitrogens with one attached hydrogen (secondary N) is 1. The van der Waals surface area contributed by atoms with Crippen LogP contribution in [0.4, 0.5) is 0 Å². The van der Waals surface area contributed by atoms with E-state index in [0.717, 1.165) is 29.0 Å². The molecule has 3 heteroatoms. The molecule has 0 radical (unpaired) electrons. The maximum atomic E-state index is 6.43. The van der Waals surface area contributed by atoms with Gasteiger partial charge in [0.25, 0.3) is 0 Å². The van der Waals surface area contributed by atoms with Gasteiger partial charge in [-0.2, -0.15) is 0 Å². The summed E-state index contributed by atoms with van der Waals surface area (Å²) in [6, 6.07) is 6.64. The van der Waals surface area contributed by atoms with Crippen LogP contribution in [0.5, 0.6) is 5.75 Å². The zero-order valence-electron chi connectivity index (χ0n) is 13.9. The molecule has 0 aliphatic heterocycles. The molecule has 1 fully saturated rings. The van der Waals surface area contributed by atoms with Gasteiger partial charge < -0.3 is 10.1 Å². The van der Waals surface area contributed by atoms with Gasteiger partial charge in [-0.3, -0.25) is 0 Å². The lowest BCUT2D eigenvalue weighted by Crippen LogP contribution is -2.34. The number of ether oxygens (including phenoxy) is 1. The van der Waals surface area contributed by atoms with Gasteiger partial charge in [-0.15, -0.1) is 0 Å². The van der Waals surface area contributed by atoms with E-state index in [1.165, 1.54) is 12.0 Å². The Morgan fingerprint density at radius 1 is 1.33 bits per heavy atom. The topological polar surface area (TPSA) is 21.3 Å². The third-order valence-corrected chi connectivity index (χ3v) is 5.01. The third-order valence-electron chi connectivity index (χ3n) is 4.52. The molecule has 0 spiro atoms. The van der Waals surface area contributed by atoms with E-state index >= 15 is 0 Å². The van der Waals surface area contributed by atoms with Crippen LogP contribution in [0.2, 0.25) is 0 Å². The quantitative estimate of drug-likeness (QED) is 0.790. The Morgan fingerprint density at radius 2 is 2.05 bits per heavy atom. The van der Waals surface area contributed by atoms with Gasteiger partial charge in [0.05, 0.1) is 6.10 Å². The van der Waals surface area contributed by atoms with Crippen LogP contribution in [0, 0.1) is 11.3 Å². The molecule has 0 aromatic heterocycles. The average Bonchev–Trinajstić information content (AvgIpc) is 2.35. The molecule has 0 heterocycles. The van der Waals surface area contributed by atoms with Gasteiger partial charge in [0.15, 0.2) is 0 Å². The highest BCUT2D eigenvalue weighted by molar-refractivity contribution is 9.10. The summed E-state index contributed by atoms with van der Waals surface area (Å²) < 4.78 is 7.50. The smallest absolute Gasteiger partial charge is 0.125 e. The number of hydrogen-bond acceptors (Lipinski definition) is 2. The molecule has 1 aromatic rings. The Kier molecular flexibility index (Phi) is 5.37. The Bertz CT molecular complexity index is 486. The zero-order chi connectivity index (χ0) is 15.6. The number of halogens is 1. The van der Waals surface area contributed by atoms with Crippen molar-refractivity contribution in [2.45, 2.75) is 59.1 Å². The Balaban J connectivity index is 2.20. The van der Waals surface area contributed by atoms with Gasteiger partial charge in [-0.1, -0.05) is 42.8 Å². The van der Waals surface area contributed by atoms with Gasteiger partial charge in [0.2, 0.25) is 0 Å². The molecule has 21 heavy (non-hydrogen) atoms. The van der Waals surface area contributed by atoms with Gasteiger partial charge >= 0.3 is 0 Å². The fourth-order valence-corrected chi connectivity index (χ4v) is 3.99. The monoisotopic (exact) mass is 353 g/mol. The molecular weight excluding hydrogens is 326 g/mol. The first-order valence-electron chi connectivity index (χ1n) is 7.94. The van der Waals surface area contributed by atoms with Crippen LogP contribution in [0.15, 0.2) is 22.7 Å². The molecule has 118 valence electrons. The predicted molar refractivity (Wildman–Crippen MR) is 92.8 cm³/mol. The van der Waals surface area contributed by atoms with Crippen LogP contribution in [0.3, 0.4) is 0 Å². The van der Waals surface area contributed by atoms with Crippen LogP contribution in [0.25, 0.3) is 0 Å². The van der Waals surface area contributed by atoms with Crippen LogP contribution < -0.4 is 10.1 Å². The zero-order valence-corrected chi connectivity index (χ0v) is 15.5. The van der Waals surface area contributed by atoms with Crippen LogP contribution >= 0.6 is 15.9 Å². The maximum Gasteiger partial charge on any atom is 0.125 e. The molecule has 2 rings (SSSR count). The summed E-state index contributed by atoms with van der Waals surface area (Å²) in [7, 11) is 1.99. The van der Waals surface area contributed by atoms with E-state index in [1.807, 2.05) is 7.05 Å². The standard InChI is InChI=1S/C18H28BrNO/c1-12-8-15(11-18(3,4)10-12)21-17-9-14(19)6-7-16(17)13(2)20-5/h6-7,9,12-13,15,20H,8,10-11H2,1-5H3. The molecular formula is C18H28BrNO. The predicted octanol–water partition coefficient (Wildman–Crippen LogP) is 5.32. The minimum Gasteiger partial charge on any atom is -0.490 e. The summed E-state index contributed by atoms with van der Waals surface area (Å²) in [6.07, 6.45) is 3.91. The molecule has 2 nitrogen and oxygen atoms in total. The summed E-state index contributed by atoms with van der Waals surface area (Å²) in [5, 5.41) is 3.31. The number of hydrogen-bond donors (Lipinski definition) is 1. The summed E-state index contributed by atoms with van der Waals surface area (Å²) in [4.78, 5) is 0.